The van der Waals surface area contributed by atoms with E-state index in [1.165, 1.54) is 15.6 Å². The Kier molecular flexibility index (Phi) is 7.28. The van der Waals surface area contributed by atoms with Crippen molar-refractivity contribution < 1.29 is 14.3 Å². The topological polar surface area (TPSA) is 59.6 Å². The molecule has 0 radical (unpaired) electrons. The summed E-state index contributed by atoms with van der Waals surface area (Å²) in [5.74, 6) is 1.06. The summed E-state index contributed by atoms with van der Waals surface area (Å²) in [7, 11) is 1.60. The monoisotopic (exact) mass is 398 g/mol. The van der Waals surface area contributed by atoms with E-state index in [9.17, 15) is 4.79 Å². The van der Waals surface area contributed by atoms with Crippen molar-refractivity contribution in [2.24, 2.45) is 0 Å². The Bertz CT molecular complexity index is 923. The Morgan fingerprint density at radius 2 is 2.00 bits per heavy atom. The molecule has 1 amide bonds. The van der Waals surface area contributed by atoms with Gasteiger partial charge in [0.15, 0.2) is 18.1 Å². The molecule has 1 aromatic heterocycles. The lowest BCUT2D eigenvalue weighted by molar-refractivity contribution is -0.123. The van der Waals surface area contributed by atoms with E-state index >= 15 is 0 Å². The number of carbonyl (C=O) groups excluding carboxylic acids is 1. The van der Waals surface area contributed by atoms with Crippen LogP contribution in [0.25, 0.3) is 10.1 Å². The highest BCUT2D eigenvalue weighted by molar-refractivity contribution is 7.17. The van der Waals surface area contributed by atoms with Crippen molar-refractivity contribution in [2.45, 2.75) is 19.9 Å². The van der Waals surface area contributed by atoms with E-state index < -0.39 is 0 Å². The molecule has 2 N–H and O–H groups in total. The summed E-state index contributed by atoms with van der Waals surface area (Å²) >= 11 is 1.80. The first kappa shape index (κ1) is 20.2. The number of fused-ring (bicyclic) bond motifs is 1. The maximum Gasteiger partial charge on any atom is 0.257 e. The van der Waals surface area contributed by atoms with Crippen LogP contribution in [0.1, 0.15) is 18.1 Å². The Labute approximate surface area is 169 Å². The minimum atomic E-state index is -0.142. The molecule has 6 heteroatoms. The van der Waals surface area contributed by atoms with Gasteiger partial charge in [0.1, 0.15) is 0 Å². The van der Waals surface area contributed by atoms with Crippen LogP contribution in [0.5, 0.6) is 11.5 Å². The molecule has 0 spiro atoms. The van der Waals surface area contributed by atoms with Crippen LogP contribution in [0.15, 0.2) is 47.8 Å². The van der Waals surface area contributed by atoms with Gasteiger partial charge in [-0.05, 0) is 60.0 Å². The van der Waals surface area contributed by atoms with Crippen LogP contribution in [-0.2, 0) is 17.8 Å². The van der Waals surface area contributed by atoms with Gasteiger partial charge in [-0.25, -0.2) is 0 Å². The number of carbonyl (C=O) groups is 1. The first-order valence-corrected chi connectivity index (χ1v) is 10.3. The number of nitrogens with one attached hydrogen (secondary N) is 2. The van der Waals surface area contributed by atoms with Gasteiger partial charge in [0.25, 0.3) is 5.91 Å². The van der Waals surface area contributed by atoms with E-state index in [0.717, 1.165) is 25.1 Å². The molecule has 1 heterocycles. The van der Waals surface area contributed by atoms with E-state index in [4.69, 9.17) is 9.47 Å². The molecule has 0 aliphatic carbocycles. The summed E-state index contributed by atoms with van der Waals surface area (Å²) in [6.45, 7) is 4.09. The Hall–Kier alpha value is -2.57. The number of rotatable bonds is 10. The average Bonchev–Trinajstić information content (AvgIpc) is 3.13. The number of methoxy groups -OCH3 is 1. The van der Waals surface area contributed by atoms with Crippen LogP contribution < -0.4 is 20.1 Å². The number of thiophene rings is 1. The van der Waals surface area contributed by atoms with Crippen LogP contribution in [0, 0.1) is 0 Å². The molecule has 2 aromatic carbocycles. The highest BCUT2D eigenvalue weighted by Gasteiger charge is 2.08. The van der Waals surface area contributed by atoms with Crippen molar-refractivity contribution in [3.05, 3.63) is 59.0 Å². The summed E-state index contributed by atoms with van der Waals surface area (Å²) in [6.07, 6.45) is 0.995. The SMILES string of the molecule is CCNC(=O)COc1ccc(CNCCc2csc3ccccc23)cc1OC. The quantitative estimate of drug-likeness (QED) is 0.511. The fourth-order valence-corrected chi connectivity index (χ4v) is 4.01. The zero-order chi connectivity index (χ0) is 19.8. The van der Waals surface area contributed by atoms with Crippen molar-refractivity contribution in [3.63, 3.8) is 0 Å². The van der Waals surface area contributed by atoms with Gasteiger partial charge in [-0.2, -0.15) is 0 Å². The molecule has 3 rings (SSSR count). The van der Waals surface area contributed by atoms with Gasteiger partial charge in [-0.15, -0.1) is 11.3 Å². The fourth-order valence-electron chi connectivity index (χ4n) is 3.01. The zero-order valence-corrected chi connectivity index (χ0v) is 17.1. The third-order valence-electron chi connectivity index (χ3n) is 4.42. The predicted molar refractivity (Wildman–Crippen MR) is 114 cm³/mol. The molecule has 0 saturated heterocycles. The number of ether oxygens (including phenoxy) is 2. The van der Waals surface area contributed by atoms with Gasteiger partial charge in [-0.1, -0.05) is 24.3 Å². The molecule has 0 aliphatic rings. The molecular weight excluding hydrogens is 372 g/mol. The van der Waals surface area contributed by atoms with Crippen LogP contribution >= 0.6 is 11.3 Å². The predicted octanol–water partition coefficient (Wildman–Crippen LogP) is 3.76. The normalized spacial score (nSPS) is 10.8. The first-order valence-electron chi connectivity index (χ1n) is 9.43. The highest BCUT2D eigenvalue weighted by atomic mass is 32.1. The van der Waals surface area contributed by atoms with Crippen molar-refractivity contribution in [1.82, 2.24) is 10.6 Å². The molecule has 0 saturated carbocycles. The minimum Gasteiger partial charge on any atom is -0.493 e. The van der Waals surface area contributed by atoms with Crippen LogP contribution in [-0.4, -0.2) is 32.7 Å². The standard InChI is InChI=1S/C22H26N2O3S/c1-3-24-22(25)14-27-19-9-8-16(12-20(19)26-2)13-23-11-10-17-15-28-21-7-5-4-6-18(17)21/h4-9,12,15,23H,3,10-11,13-14H2,1-2H3,(H,24,25). The van der Waals surface area contributed by atoms with Crippen LogP contribution in [0.4, 0.5) is 0 Å². The van der Waals surface area contributed by atoms with Crippen LogP contribution in [0.2, 0.25) is 0 Å². The van der Waals surface area contributed by atoms with Gasteiger partial charge < -0.3 is 20.1 Å². The lowest BCUT2D eigenvalue weighted by atomic mass is 10.1. The number of benzene rings is 2. The van der Waals surface area contributed by atoms with Crippen molar-refractivity contribution in [1.29, 1.82) is 0 Å². The number of amides is 1. The smallest absolute Gasteiger partial charge is 0.257 e. The zero-order valence-electron chi connectivity index (χ0n) is 16.3. The van der Waals surface area contributed by atoms with Gasteiger partial charge >= 0.3 is 0 Å². The molecule has 0 fully saturated rings. The molecule has 28 heavy (non-hydrogen) atoms. The van der Waals surface area contributed by atoms with Gasteiger partial charge in [0.2, 0.25) is 0 Å². The fraction of sp³-hybridized carbons (Fsp3) is 0.318. The second-order valence-electron chi connectivity index (χ2n) is 6.41. The lowest BCUT2D eigenvalue weighted by Crippen LogP contribution is -2.28. The second-order valence-corrected chi connectivity index (χ2v) is 7.32. The molecule has 0 bridgehead atoms. The van der Waals surface area contributed by atoms with Gasteiger partial charge in [0, 0.05) is 17.8 Å². The molecular formula is C22H26N2O3S. The number of likely N-dealkylation sites (N-methyl/N-ethyl adjacent to an activating group) is 1. The van der Waals surface area contributed by atoms with Gasteiger partial charge in [-0.3, -0.25) is 4.79 Å². The summed E-state index contributed by atoms with van der Waals surface area (Å²) in [4.78, 5) is 11.6. The van der Waals surface area contributed by atoms with Crippen LogP contribution in [0.3, 0.4) is 0 Å². The van der Waals surface area contributed by atoms with Gasteiger partial charge in [0.05, 0.1) is 7.11 Å². The maximum atomic E-state index is 11.6. The van der Waals surface area contributed by atoms with E-state index in [0.29, 0.717) is 18.0 Å². The molecule has 0 atom stereocenters. The summed E-state index contributed by atoms with van der Waals surface area (Å²) in [6, 6.07) is 14.3. The van der Waals surface area contributed by atoms with E-state index in [-0.39, 0.29) is 12.5 Å². The molecule has 148 valence electrons. The van der Waals surface area contributed by atoms with E-state index in [2.05, 4.69) is 40.3 Å². The molecule has 3 aromatic rings. The first-order chi connectivity index (χ1) is 13.7. The third-order valence-corrected chi connectivity index (χ3v) is 5.43. The van der Waals surface area contributed by atoms with E-state index in [1.54, 1.807) is 18.4 Å². The largest absolute Gasteiger partial charge is 0.493 e. The molecule has 5 nitrogen and oxygen atoms in total. The number of hydrogen-bond acceptors (Lipinski definition) is 5. The Balaban J connectivity index is 1.51. The number of hydrogen-bond donors (Lipinski definition) is 2. The highest BCUT2D eigenvalue weighted by Crippen LogP contribution is 2.28. The third kappa shape index (κ3) is 5.24. The molecule has 0 aliphatic heterocycles. The average molecular weight is 399 g/mol. The summed E-state index contributed by atoms with van der Waals surface area (Å²) in [5, 5.41) is 9.79. The van der Waals surface area contributed by atoms with Crippen molar-refractivity contribution >= 4 is 27.3 Å². The summed E-state index contributed by atoms with van der Waals surface area (Å²) in [5.41, 5.74) is 2.50. The lowest BCUT2D eigenvalue weighted by Gasteiger charge is -2.12. The Morgan fingerprint density at radius 1 is 1.14 bits per heavy atom. The minimum absolute atomic E-state index is 0.0175. The Morgan fingerprint density at radius 3 is 2.82 bits per heavy atom. The van der Waals surface area contributed by atoms with Crippen molar-refractivity contribution in [3.8, 4) is 11.5 Å². The van der Waals surface area contributed by atoms with Crippen molar-refractivity contribution in [2.75, 3.05) is 26.8 Å². The van der Waals surface area contributed by atoms with E-state index in [1.807, 2.05) is 25.1 Å². The molecule has 0 unspecified atom stereocenters. The summed E-state index contributed by atoms with van der Waals surface area (Å²) < 4.78 is 12.3. The second kappa shape index (κ2) is 10.1. The maximum absolute atomic E-state index is 11.6.